The fraction of sp³-hybridized carbons (Fsp3) is 0.115. The number of hydrogen-bond donors (Lipinski definition) is 4. The van der Waals surface area contributed by atoms with Gasteiger partial charge in [0, 0.05) is 16.5 Å². The second-order valence-electron chi connectivity index (χ2n) is 8.04. The summed E-state index contributed by atoms with van der Waals surface area (Å²) in [4.78, 5) is 31.3. The summed E-state index contributed by atoms with van der Waals surface area (Å²) in [5, 5.41) is 11.5. The summed E-state index contributed by atoms with van der Waals surface area (Å²) >= 11 is 0. The largest absolute Gasteiger partial charge is 0.494 e. The summed E-state index contributed by atoms with van der Waals surface area (Å²) in [5.74, 6) is -1.19. The summed E-state index contributed by atoms with van der Waals surface area (Å²) in [7, 11) is 1.31. The summed E-state index contributed by atoms with van der Waals surface area (Å²) in [6.45, 7) is 1.55. The fourth-order valence-electron chi connectivity index (χ4n) is 3.68. The van der Waals surface area contributed by atoms with Crippen LogP contribution < -0.4 is 11.5 Å². The predicted molar refractivity (Wildman–Crippen MR) is 130 cm³/mol. The van der Waals surface area contributed by atoms with Crippen molar-refractivity contribution in [1.82, 2.24) is 4.98 Å². The molecule has 0 saturated heterocycles. The number of methoxy groups -OCH3 is 1. The van der Waals surface area contributed by atoms with Crippen molar-refractivity contribution in [3.05, 3.63) is 95.1 Å². The molecule has 172 valence electrons. The van der Waals surface area contributed by atoms with Gasteiger partial charge in [-0.1, -0.05) is 48.5 Å². The average molecular weight is 457 g/mol. The number of fused-ring (bicyclic) bond motifs is 1. The van der Waals surface area contributed by atoms with E-state index in [0.717, 1.165) is 5.56 Å². The Bertz CT molecular complexity index is 1400. The Labute approximate surface area is 195 Å². The molecule has 8 nitrogen and oxygen atoms in total. The maximum absolute atomic E-state index is 11.9. The van der Waals surface area contributed by atoms with Crippen molar-refractivity contribution in [3.8, 4) is 5.88 Å². The number of carbonyl (C=O) groups is 2. The number of amides is 1. The molecule has 0 aliphatic rings. The Kier molecular flexibility index (Phi) is 5.91. The second-order valence-corrected chi connectivity index (χ2v) is 8.04. The number of nitrogens with one attached hydrogen (secondary N) is 1. The van der Waals surface area contributed by atoms with Crippen LogP contribution in [-0.2, 0) is 15.1 Å². The first-order valence-electron chi connectivity index (χ1n) is 10.5. The minimum atomic E-state index is -1.31. The van der Waals surface area contributed by atoms with E-state index in [1.807, 2.05) is 30.3 Å². The third-order valence-corrected chi connectivity index (χ3v) is 5.70. The Balaban J connectivity index is 1.86. The number of nitrogens with zero attached hydrogens (tertiary/aromatic N) is 1. The molecule has 4 rings (SSSR count). The lowest BCUT2D eigenvalue weighted by molar-refractivity contribution is -0.122. The summed E-state index contributed by atoms with van der Waals surface area (Å²) in [6.07, 6.45) is 0. The molecule has 1 amide bonds. The molecule has 0 radical (unpaired) electrons. The highest BCUT2D eigenvalue weighted by atomic mass is 16.5. The number of ether oxygens (including phenoxy) is 1. The van der Waals surface area contributed by atoms with Crippen LogP contribution in [-0.4, -0.2) is 34.8 Å². The summed E-state index contributed by atoms with van der Waals surface area (Å²) in [5.41, 5.74) is 14.0. The van der Waals surface area contributed by atoms with Crippen LogP contribution >= 0.6 is 0 Å². The number of nitrogens with two attached hydrogens (primary N) is 2. The minimum Gasteiger partial charge on any atom is -0.494 e. The van der Waals surface area contributed by atoms with Gasteiger partial charge < -0.3 is 26.3 Å². The third kappa shape index (κ3) is 4.14. The van der Waals surface area contributed by atoms with Crippen molar-refractivity contribution in [3.63, 3.8) is 0 Å². The molecule has 6 N–H and O–H groups in total. The number of aliphatic imine (C=N–C) groups is 1. The van der Waals surface area contributed by atoms with Gasteiger partial charge in [-0.15, -0.1) is 0 Å². The highest BCUT2D eigenvalue weighted by molar-refractivity contribution is 6.22. The van der Waals surface area contributed by atoms with Gasteiger partial charge in [0.1, 0.15) is 5.54 Å². The van der Waals surface area contributed by atoms with Crippen LogP contribution in [0.2, 0.25) is 0 Å². The van der Waals surface area contributed by atoms with E-state index in [2.05, 4.69) is 4.98 Å². The van der Waals surface area contributed by atoms with Crippen molar-refractivity contribution in [1.29, 1.82) is 0 Å². The first-order valence-corrected chi connectivity index (χ1v) is 10.5. The van der Waals surface area contributed by atoms with Gasteiger partial charge in [0.25, 0.3) is 0 Å². The van der Waals surface area contributed by atoms with Gasteiger partial charge in [0.2, 0.25) is 5.91 Å². The zero-order valence-electron chi connectivity index (χ0n) is 18.7. The average Bonchev–Trinajstić information content (AvgIpc) is 3.17. The molecule has 0 aliphatic carbocycles. The summed E-state index contributed by atoms with van der Waals surface area (Å²) in [6, 6.07) is 21.3. The van der Waals surface area contributed by atoms with Gasteiger partial charge in [0.15, 0.2) is 5.88 Å². The van der Waals surface area contributed by atoms with Crippen LogP contribution in [0.15, 0.2) is 77.8 Å². The van der Waals surface area contributed by atoms with Crippen LogP contribution in [0, 0.1) is 0 Å². The molecule has 0 aliphatic heterocycles. The standard InChI is InChI=1S/C26H24N4O4/c1-26(28,25(27)33)17-9-11-18(12-10-17)29-22(15-6-4-3-5-7-15)21-19-13-8-16(24(32)34-2)14-20(19)30-23(21)31/h3-14,30-31H,28H2,1-2H3,(H2,27,33). The van der Waals surface area contributed by atoms with Crippen LogP contribution in [0.1, 0.15) is 34.0 Å². The van der Waals surface area contributed by atoms with E-state index in [0.29, 0.717) is 39.0 Å². The number of aromatic nitrogens is 1. The van der Waals surface area contributed by atoms with Gasteiger partial charge in [-0.25, -0.2) is 9.79 Å². The number of esters is 1. The number of primary amides is 1. The maximum Gasteiger partial charge on any atom is 0.337 e. The van der Waals surface area contributed by atoms with Crippen molar-refractivity contribution in [2.45, 2.75) is 12.5 Å². The van der Waals surface area contributed by atoms with E-state index >= 15 is 0 Å². The molecule has 0 saturated carbocycles. The van der Waals surface area contributed by atoms with Crippen molar-refractivity contribution < 1.29 is 19.4 Å². The smallest absolute Gasteiger partial charge is 0.337 e. The molecule has 1 atom stereocenters. The molecule has 34 heavy (non-hydrogen) atoms. The van der Waals surface area contributed by atoms with Crippen LogP contribution in [0.5, 0.6) is 5.88 Å². The van der Waals surface area contributed by atoms with E-state index in [1.54, 1.807) is 49.4 Å². The number of aromatic amines is 1. The van der Waals surface area contributed by atoms with Crippen LogP contribution in [0.25, 0.3) is 10.9 Å². The monoisotopic (exact) mass is 456 g/mol. The second kappa shape index (κ2) is 8.84. The summed E-state index contributed by atoms with van der Waals surface area (Å²) < 4.78 is 4.79. The number of H-pyrrole nitrogens is 1. The first kappa shape index (κ1) is 22.8. The van der Waals surface area contributed by atoms with E-state index in [-0.39, 0.29) is 5.88 Å². The Hall–Kier alpha value is -4.43. The molecular formula is C26H24N4O4. The molecule has 0 fully saturated rings. The molecule has 3 aromatic carbocycles. The third-order valence-electron chi connectivity index (χ3n) is 5.70. The van der Waals surface area contributed by atoms with Gasteiger partial charge in [-0.3, -0.25) is 4.79 Å². The normalized spacial score (nSPS) is 13.4. The lowest BCUT2D eigenvalue weighted by atomic mass is 9.92. The molecular weight excluding hydrogens is 432 g/mol. The number of benzene rings is 3. The van der Waals surface area contributed by atoms with Gasteiger partial charge in [-0.05, 0) is 36.8 Å². The number of carbonyl (C=O) groups excluding carboxylic acids is 2. The topological polar surface area (TPSA) is 144 Å². The molecule has 8 heteroatoms. The first-order chi connectivity index (χ1) is 16.2. The lowest BCUT2D eigenvalue weighted by Gasteiger charge is -2.20. The number of hydrogen-bond acceptors (Lipinski definition) is 6. The zero-order chi connectivity index (χ0) is 24.5. The van der Waals surface area contributed by atoms with Crippen molar-refractivity contribution in [2.24, 2.45) is 16.5 Å². The minimum absolute atomic E-state index is 0.0838. The van der Waals surface area contributed by atoms with Gasteiger partial charge >= 0.3 is 5.97 Å². The van der Waals surface area contributed by atoms with E-state index < -0.39 is 17.4 Å². The quantitative estimate of drug-likeness (QED) is 0.259. The SMILES string of the molecule is COC(=O)c1ccc2c(C(=Nc3ccc(C(C)(N)C(N)=O)cc3)c3ccccc3)c(O)[nH]c2c1. The van der Waals surface area contributed by atoms with Crippen LogP contribution in [0.4, 0.5) is 5.69 Å². The molecule has 4 aromatic rings. The highest BCUT2D eigenvalue weighted by Crippen LogP contribution is 2.32. The Morgan fingerprint density at radius 2 is 1.68 bits per heavy atom. The van der Waals surface area contributed by atoms with Crippen LogP contribution in [0.3, 0.4) is 0 Å². The highest BCUT2D eigenvalue weighted by Gasteiger charge is 2.28. The molecule has 1 heterocycles. The van der Waals surface area contributed by atoms with Gasteiger partial charge in [-0.2, -0.15) is 0 Å². The predicted octanol–water partition coefficient (Wildman–Crippen LogP) is 3.49. The van der Waals surface area contributed by atoms with E-state index in [9.17, 15) is 14.7 Å². The van der Waals surface area contributed by atoms with Gasteiger partial charge in [0.05, 0.1) is 29.6 Å². The Morgan fingerprint density at radius 3 is 2.29 bits per heavy atom. The van der Waals surface area contributed by atoms with E-state index in [4.69, 9.17) is 21.2 Å². The molecule has 1 aromatic heterocycles. The van der Waals surface area contributed by atoms with E-state index in [1.165, 1.54) is 7.11 Å². The molecule has 1 unspecified atom stereocenters. The van der Waals surface area contributed by atoms with Crippen molar-refractivity contribution in [2.75, 3.05) is 7.11 Å². The lowest BCUT2D eigenvalue weighted by Crippen LogP contribution is -2.46. The Morgan fingerprint density at radius 1 is 1.00 bits per heavy atom. The maximum atomic E-state index is 11.9. The fourth-order valence-corrected chi connectivity index (χ4v) is 3.68. The molecule has 0 bridgehead atoms. The van der Waals surface area contributed by atoms with Crippen molar-refractivity contribution >= 4 is 34.2 Å². The number of rotatable bonds is 6. The number of aromatic hydroxyl groups is 1. The zero-order valence-corrected chi connectivity index (χ0v) is 18.7. The molecule has 0 spiro atoms.